The van der Waals surface area contributed by atoms with Crippen molar-refractivity contribution in [1.29, 1.82) is 0 Å². The average molecular weight is 354 g/mol. The summed E-state index contributed by atoms with van der Waals surface area (Å²) in [5.41, 5.74) is -4.45. The van der Waals surface area contributed by atoms with Gasteiger partial charge in [-0.25, -0.2) is 0 Å². The van der Waals surface area contributed by atoms with Crippen molar-refractivity contribution in [2.75, 3.05) is 0 Å². The van der Waals surface area contributed by atoms with Crippen molar-refractivity contribution in [3.8, 4) is 0 Å². The monoisotopic (exact) mass is 354 g/mol. The van der Waals surface area contributed by atoms with Crippen LogP contribution in [-0.2, 0) is 6.42 Å². The fourth-order valence-corrected chi connectivity index (χ4v) is 2.42. The molecule has 0 radical (unpaired) electrons. The van der Waals surface area contributed by atoms with Crippen molar-refractivity contribution in [3.63, 3.8) is 0 Å². The van der Waals surface area contributed by atoms with Crippen molar-refractivity contribution in [2.24, 2.45) is 0 Å². The highest BCUT2D eigenvalue weighted by Gasteiger charge is 2.45. The van der Waals surface area contributed by atoms with E-state index in [1.54, 1.807) is 0 Å². The molecule has 2 rings (SSSR count). The maximum absolute atomic E-state index is 12.9. The van der Waals surface area contributed by atoms with Crippen LogP contribution in [-0.4, -0.2) is 22.5 Å². The average Bonchev–Trinajstić information content (AvgIpc) is 2.46. The number of aryl methyl sites for hydroxylation is 1. The number of aromatic nitrogens is 2. The highest BCUT2D eigenvalue weighted by molar-refractivity contribution is 5.39. The molecule has 24 heavy (non-hydrogen) atoms. The Bertz CT molecular complexity index is 795. The maximum atomic E-state index is 12.9. The van der Waals surface area contributed by atoms with Gasteiger partial charge in [0.1, 0.15) is 0 Å². The van der Waals surface area contributed by atoms with Crippen molar-refractivity contribution in [2.45, 2.75) is 38.0 Å². The summed E-state index contributed by atoms with van der Waals surface area (Å²) in [5, 5.41) is 4.48. The third-order valence-electron chi connectivity index (χ3n) is 3.60. The van der Waals surface area contributed by atoms with Crippen LogP contribution in [0.2, 0.25) is 0 Å². The topological polar surface area (TPSA) is 65.7 Å². The Morgan fingerprint density at radius 3 is 2.12 bits per heavy atom. The number of allylic oxidation sites excluding steroid dienone is 4. The second-order valence-corrected chi connectivity index (χ2v) is 5.30. The van der Waals surface area contributed by atoms with Gasteiger partial charge in [0, 0.05) is 17.3 Å². The molecule has 1 aromatic rings. The van der Waals surface area contributed by atoms with Crippen LogP contribution in [0.1, 0.15) is 25.0 Å². The molecular formula is C14H12F6N2O2. The molecular weight excluding hydrogens is 342 g/mol. The van der Waals surface area contributed by atoms with Gasteiger partial charge in [0.2, 0.25) is 5.43 Å². The van der Waals surface area contributed by atoms with Crippen LogP contribution < -0.4 is 11.0 Å². The van der Waals surface area contributed by atoms with Crippen molar-refractivity contribution < 1.29 is 26.3 Å². The Kier molecular flexibility index (Phi) is 4.77. The molecule has 10 heteroatoms. The summed E-state index contributed by atoms with van der Waals surface area (Å²) in [4.78, 5) is 22.1. The van der Waals surface area contributed by atoms with Gasteiger partial charge in [-0.05, 0) is 25.7 Å². The van der Waals surface area contributed by atoms with Gasteiger partial charge in [0.15, 0.2) is 0 Å². The lowest BCUT2D eigenvalue weighted by Crippen LogP contribution is -2.27. The number of aromatic amines is 2. The normalized spacial score (nSPS) is 16.3. The van der Waals surface area contributed by atoms with E-state index in [4.69, 9.17) is 0 Å². The largest absolute Gasteiger partial charge is 0.416 e. The number of H-pyrrole nitrogens is 2. The van der Waals surface area contributed by atoms with Crippen molar-refractivity contribution in [3.05, 3.63) is 55.1 Å². The molecule has 0 aliphatic heterocycles. The van der Waals surface area contributed by atoms with E-state index in [9.17, 15) is 35.9 Å². The molecule has 0 bridgehead atoms. The van der Waals surface area contributed by atoms with E-state index in [0.29, 0.717) is 6.08 Å². The van der Waals surface area contributed by atoms with Crippen LogP contribution in [0.5, 0.6) is 0 Å². The second-order valence-electron chi connectivity index (χ2n) is 5.30. The smallest absolute Gasteiger partial charge is 0.302 e. The van der Waals surface area contributed by atoms with Gasteiger partial charge in [-0.15, -0.1) is 0 Å². The lowest BCUT2D eigenvalue weighted by Gasteiger charge is -2.23. The van der Waals surface area contributed by atoms with Crippen molar-refractivity contribution >= 4 is 0 Å². The SMILES string of the molecule is O=c1cc(CCC2=CC(C(F)(F)F)=C(C(F)(F)F)CC2)[nH][nH]c1=O. The summed E-state index contributed by atoms with van der Waals surface area (Å²) in [6.45, 7) is 0. The van der Waals surface area contributed by atoms with Gasteiger partial charge in [-0.1, -0.05) is 11.6 Å². The van der Waals surface area contributed by atoms with E-state index in [0.717, 1.165) is 6.07 Å². The summed E-state index contributed by atoms with van der Waals surface area (Å²) in [7, 11) is 0. The molecule has 0 saturated carbocycles. The molecule has 1 heterocycles. The number of hydrogen-bond donors (Lipinski definition) is 2. The molecule has 132 valence electrons. The molecule has 1 aliphatic rings. The standard InChI is InChI=1S/C14H12F6N2O2/c15-13(16,17)9-4-2-7(5-10(9)14(18,19)20)1-3-8-6-11(23)12(24)22-21-8/h5-6H,1-4H2,(H,21,23)(H,22,24). The molecule has 0 spiro atoms. The molecule has 4 nitrogen and oxygen atoms in total. The van der Waals surface area contributed by atoms with Gasteiger partial charge < -0.3 is 5.10 Å². The van der Waals surface area contributed by atoms with Crippen LogP contribution >= 0.6 is 0 Å². The predicted octanol–water partition coefficient (Wildman–Crippen LogP) is 3.14. The summed E-state index contributed by atoms with van der Waals surface area (Å²) in [6, 6.07) is 1.00. The first-order valence-corrected chi connectivity index (χ1v) is 6.86. The molecule has 0 atom stereocenters. The predicted molar refractivity (Wildman–Crippen MR) is 72.5 cm³/mol. The minimum absolute atomic E-state index is 0.0344. The molecule has 0 saturated heterocycles. The summed E-state index contributed by atoms with van der Waals surface area (Å²) in [6.07, 6.45) is -10.4. The van der Waals surface area contributed by atoms with Gasteiger partial charge in [-0.3, -0.25) is 14.7 Å². The number of hydrogen-bond acceptors (Lipinski definition) is 2. The molecule has 1 aliphatic carbocycles. The first kappa shape index (κ1) is 18.1. The number of alkyl halides is 6. The zero-order valence-corrected chi connectivity index (χ0v) is 12.1. The van der Waals surface area contributed by atoms with E-state index in [1.165, 1.54) is 0 Å². The molecule has 1 aromatic heterocycles. The Hall–Kier alpha value is -2.26. The molecule has 0 fully saturated rings. The lowest BCUT2D eigenvalue weighted by atomic mass is 9.89. The van der Waals surface area contributed by atoms with Gasteiger partial charge in [-0.2, -0.15) is 26.3 Å². The van der Waals surface area contributed by atoms with Crippen molar-refractivity contribution in [1.82, 2.24) is 10.2 Å². The summed E-state index contributed by atoms with van der Waals surface area (Å²) < 4.78 is 76.8. The first-order valence-electron chi connectivity index (χ1n) is 6.86. The molecule has 0 unspecified atom stereocenters. The van der Waals surface area contributed by atoms with Gasteiger partial charge in [0.05, 0.1) is 5.57 Å². The van der Waals surface area contributed by atoms with E-state index in [1.807, 2.05) is 0 Å². The lowest BCUT2D eigenvalue weighted by molar-refractivity contribution is -0.115. The Labute approximate surface area is 130 Å². The molecule has 2 N–H and O–H groups in total. The number of nitrogens with one attached hydrogen (secondary N) is 2. The molecule has 0 amide bonds. The van der Waals surface area contributed by atoms with Crippen LogP contribution in [0, 0.1) is 0 Å². The number of halogens is 6. The first-order chi connectivity index (χ1) is 11.0. The maximum Gasteiger partial charge on any atom is 0.416 e. The van der Waals surface area contributed by atoms with E-state index in [2.05, 4.69) is 10.2 Å². The van der Waals surface area contributed by atoms with Crippen LogP contribution in [0.3, 0.4) is 0 Å². The fourth-order valence-electron chi connectivity index (χ4n) is 2.42. The highest BCUT2D eigenvalue weighted by Crippen LogP contribution is 2.43. The van der Waals surface area contributed by atoms with E-state index in [-0.39, 0.29) is 30.5 Å². The van der Waals surface area contributed by atoms with Gasteiger partial charge >= 0.3 is 17.9 Å². The zero-order chi connectivity index (χ0) is 18.1. The van der Waals surface area contributed by atoms with Crippen LogP contribution in [0.4, 0.5) is 26.3 Å². The second kappa shape index (κ2) is 6.33. The van der Waals surface area contributed by atoms with Crippen LogP contribution in [0.15, 0.2) is 38.5 Å². The fraction of sp³-hybridized carbons (Fsp3) is 0.429. The third kappa shape index (κ3) is 4.18. The summed E-state index contributed by atoms with van der Waals surface area (Å²) >= 11 is 0. The quantitative estimate of drug-likeness (QED) is 0.647. The minimum atomic E-state index is -5.09. The van der Waals surface area contributed by atoms with E-state index < -0.39 is 40.9 Å². The minimum Gasteiger partial charge on any atom is -0.302 e. The number of rotatable bonds is 3. The van der Waals surface area contributed by atoms with Gasteiger partial charge in [0.25, 0.3) is 0 Å². The van der Waals surface area contributed by atoms with E-state index >= 15 is 0 Å². The molecule has 0 aromatic carbocycles. The summed E-state index contributed by atoms with van der Waals surface area (Å²) in [5.74, 6) is 0. The van der Waals surface area contributed by atoms with Crippen LogP contribution in [0.25, 0.3) is 0 Å². The third-order valence-corrected chi connectivity index (χ3v) is 3.60. The Morgan fingerprint density at radius 1 is 0.917 bits per heavy atom. The Morgan fingerprint density at radius 2 is 1.58 bits per heavy atom. The zero-order valence-electron chi connectivity index (χ0n) is 12.1. The highest BCUT2D eigenvalue weighted by atomic mass is 19.4. The Balaban J connectivity index is 2.24.